The number of imide groups is 1. The SMILES string of the molecule is C[C@H]1CC(O)(c2cc3c(cc2F)c(N2CCC(=O)NC2=O)nn3C)CCN1C[C@@H]1CCCC[C@H]1CN1CCN(c2ccc([C@@H]3c4ccc(OCc5ccccc5)cc4CC[C@@H]3c3ccccc3)cc2)CC1. The third-order valence-corrected chi connectivity index (χ3v) is 16.9. The maximum Gasteiger partial charge on any atom is 0.329 e. The van der Waals surface area contributed by atoms with Gasteiger partial charge in [0.1, 0.15) is 18.2 Å². The number of likely N-dealkylation sites (tertiary alicyclic amines) is 1. The first-order chi connectivity index (χ1) is 34.6. The molecule has 11 rings (SSSR count). The minimum atomic E-state index is -1.32. The van der Waals surface area contributed by atoms with Crippen LogP contribution in [0, 0.1) is 17.7 Å². The Labute approximate surface area is 417 Å². The monoisotopic (exact) mass is 958 g/mol. The van der Waals surface area contributed by atoms with E-state index in [1.807, 2.05) is 6.07 Å². The lowest BCUT2D eigenvalue weighted by atomic mass is 9.69. The van der Waals surface area contributed by atoms with Crippen LogP contribution in [-0.2, 0) is 30.5 Å². The molecule has 0 bridgehead atoms. The normalized spacial score (nSPS) is 25.5. The molecule has 11 nitrogen and oxygen atoms in total. The van der Waals surface area contributed by atoms with Crippen molar-refractivity contribution in [3.05, 3.63) is 154 Å². The van der Waals surface area contributed by atoms with Gasteiger partial charge in [-0.15, -0.1) is 0 Å². The Bertz CT molecular complexity index is 2850. The van der Waals surface area contributed by atoms with E-state index >= 15 is 4.39 Å². The van der Waals surface area contributed by atoms with E-state index in [0.717, 1.165) is 57.9 Å². The second-order valence-electron chi connectivity index (χ2n) is 21.2. The summed E-state index contributed by atoms with van der Waals surface area (Å²) in [6.45, 7) is 9.87. The van der Waals surface area contributed by atoms with Crippen molar-refractivity contribution in [2.45, 2.75) is 94.8 Å². The molecule has 5 aromatic carbocycles. The Balaban J connectivity index is 0.709. The van der Waals surface area contributed by atoms with E-state index in [0.29, 0.717) is 60.5 Å². The number of aliphatic hydroxyl groups is 1. The zero-order chi connectivity index (χ0) is 48.6. The van der Waals surface area contributed by atoms with Crippen molar-refractivity contribution < 1.29 is 23.8 Å². The van der Waals surface area contributed by atoms with Gasteiger partial charge >= 0.3 is 6.03 Å². The number of piperazine rings is 1. The summed E-state index contributed by atoms with van der Waals surface area (Å²) < 4.78 is 24.0. The van der Waals surface area contributed by atoms with Gasteiger partial charge in [0.2, 0.25) is 5.91 Å². The van der Waals surface area contributed by atoms with Crippen LogP contribution in [0.15, 0.2) is 115 Å². The molecule has 0 radical (unpaired) electrons. The Kier molecular flexibility index (Phi) is 13.4. The summed E-state index contributed by atoms with van der Waals surface area (Å²) in [7, 11) is 1.76. The number of nitrogens with one attached hydrogen (secondary N) is 1. The van der Waals surface area contributed by atoms with Gasteiger partial charge < -0.3 is 19.6 Å². The quantitative estimate of drug-likeness (QED) is 0.125. The Hall–Kier alpha value is -6.08. The zero-order valence-corrected chi connectivity index (χ0v) is 41.3. The predicted octanol–water partition coefficient (Wildman–Crippen LogP) is 9.90. The molecular formula is C59H68FN7O4. The number of ether oxygens (including phenoxy) is 1. The van der Waals surface area contributed by atoms with Crippen LogP contribution in [0.3, 0.4) is 0 Å². The summed E-state index contributed by atoms with van der Waals surface area (Å²) in [6.07, 6.45) is 8.16. The highest BCUT2D eigenvalue weighted by Gasteiger charge is 2.42. The molecule has 3 aliphatic heterocycles. The number of aryl methyl sites for hydroxylation is 2. The fourth-order valence-electron chi connectivity index (χ4n) is 12.9. The highest BCUT2D eigenvalue weighted by molar-refractivity contribution is 6.08. The third-order valence-electron chi connectivity index (χ3n) is 16.9. The first kappa shape index (κ1) is 47.3. The maximum absolute atomic E-state index is 16.1. The number of hydrogen-bond donors (Lipinski definition) is 2. The standard InChI is InChI=1S/C59H68FN7O4/c1-40-36-59(70,52-35-54-51(34-53(52)60)57(62-63(54)2)67-27-25-55(68)61-58(67)69)26-28-66(40)38-46-16-10-9-15-45(46)37-64-29-31-65(32-30-64)47-20-17-43(18-21-47)56-49(42-13-7-4-8-14-42)23-19-44-33-48(22-24-50(44)56)71-39-41-11-5-3-6-12-41/h3-8,11-14,17-18,20-22,24,33-35,40,45-46,49,56,70H,9-10,15-16,19,23,25-32,36-39H2,1-2H3,(H,61,68,69)/t40-,45-,46-,49+,56-,59?/m0/s1. The molecule has 1 saturated carbocycles. The highest BCUT2D eigenvalue weighted by atomic mass is 19.1. The van der Waals surface area contributed by atoms with E-state index in [1.165, 1.54) is 70.2 Å². The zero-order valence-electron chi connectivity index (χ0n) is 41.3. The van der Waals surface area contributed by atoms with Crippen LogP contribution in [0.5, 0.6) is 5.75 Å². The molecule has 5 aliphatic rings. The molecule has 3 amide bonds. The number of benzene rings is 5. The van der Waals surface area contributed by atoms with Crippen LogP contribution in [0.4, 0.5) is 20.7 Å². The van der Waals surface area contributed by atoms with Crippen molar-refractivity contribution in [3.63, 3.8) is 0 Å². The number of carbonyl (C=O) groups is 2. The molecule has 12 heteroatoms. The summed E-state index contributed by atoms with van der Waals surface area (Å²) in [5, 5.41) is 19.5. The smallest absolute Gasteiger partial charge is 0.329 e. The van der Waals surface area contributed by atoms with Gasteiger partial charge in [-0.25, -0.2) is 9.18 Å². The molecule has 71 heavy (non-hydrogen) atoms. The number of carbonyl (C=O) groups excluding carboxylic acids is 2. The van der Waals surface area contributed by atoms with E-state index in [4.69, 9.17) is 4.74 Å². The molecule has 3 saturated heterocycles. The summed E-state index contributed by atoms with van der Waals surface area (Å²) in [4.78, 5) is 33.6. The average Bonchev–Trinajstić information content (AvgIpc) is 3.71. The van der Waals surface area contributed by atoms with Crippen molar-refractivity contribution in [3.8, 4) is 5.75 Å². The minimum absolute atomic E-state index is 0.0766. The first-order valence-corrected chi connectivity index (χ1v) is 26.2. The van der Waals surface area contributed by atoms with Gasteiger partial charge in [-0.3, -0.25) is 24.6 Å². The maximum atomic E-state index is 16.1. The number of urea groups is 1. The fourth-order valence-corrected chi connectivity index (χ4v) is 12.9. The number of amides is 3. The lowest BCUT2D eigenvalue weighted by Crippen LogP contribution is -2.52. The molecule has 1 unspecified atom stereocenters. The highest BCUT2D eigenvalue weighted by Crippen LogP contribution is 2.48. The van der Waals surface area contributed by atoms with Crippen LogP contribution in [-0.4, -0.2) is 95.0 Å². The number of halogens is 1. The summed E-state index contributed by atoms with van der Waals surface area (Å²) >= 11 is 0. The second-order valence-corrected chi connectivity index (χ2v) is 21.2. The van der Waals surface area contributed by atoms with Crippen LogP contribution in [0.25, 0.3) is 10.9 Å². The number of anilines is 2. The fraction of sp³-hybridized carbons (Fsp3) is 0.441. The molecule has 370 valence electrons. The van der Waals surface area contributed by atoms with Gasteiger partial charge in [-0.2, -0.15) is 5.10 Å². The molecule has 6 aromatic rings. The molecule has 2 aliphatic carbocycles. The number of piperidine rings is 1. The average molecular weight is 958 g/mol. The van der Waals surface area contributed by atoms with Crippen LogP contribution in [0.1, 0.15) is 104 Å². The van der Waals surface area contributed by atoms with Crippen molar-refractivity contribution in [1.82, 2.24) is 24.9 Å². The van der Waals surface area contributed by atoms with E-state index in [2.05, 4.69) is 129 Å². The number of fused-ring (bicyclic) bond motifs is 2. The Morgan fingerprint density at radius 2 is 1.52 bits per heavy atom. The number of nitrogens with zero attached hydrogens (tertiary/aromatic N) is 6. The second kappa shape index (κ2) is 20.2. The van der Waals surface area contributed by atoms with E-state index < -0.39 is 17.4 Å². The molecule has 6 atom stereocenters. The topological polar surface area (TPSA) is 106 Å². The number of aromatic nitrogens is 2. The molecule has 0 spiro atoms. The van der Waals surface area contributed by atoms with Crippen LogP contribution < -0.4 is 19.9 Å². The van der Waals surface area contributed by atoms with E-state index in [1.54, 1.807) is 17.8 Å². The Morgan fingerprint density at radius 1 is 0.789 bits per heavy atom. The summed E-state index contributed by atoms with van der Waals surface area (Å²) in [5.41, 5.74) is 7.64. The van der Waals surface area contributed by atoms with Gasteiger partial charge in [-0.05, 0) is 127 Å². The predicted molar refractivity (Wildman–Crippen MR) is 277 cm³/mol. The number of hydrogen-bond acceptors (Lipinski definition) is 8. The lowest BCUT2D eigenvalue weighted by Gasteiger charge is -2.46. The van der Waals surface area contributed by atoms with Gasteiger partial charge in [0.05, 0.1) is 11.1 Å². The Morgan fingerprint density at radius 3 is 2.25 bits per heavy atom. The summed E-state index contributed by atoms with van der Waals surface area (Å²) in [6, 6.07) is 40.3. The van der Waals surface area contributed by atoms with Crippen molar-refractivity contribution in [1.29, 1.82) is 0 Å². The van der Waals surface area contributed by atoms with Gasteiger partial charge in [0.25, 0.3) is 0 Å². The molecular weight excluding hydrogens is 890 g/mol. The van der Waals surface area contributed by atoms with Crippen LogP contribution >= 0.6 is 0 Å². The summed E-state index contributed by atoms with van der Waals surface area (Å²) in [5.74, 6) is 2.29. The van der Waals surface area contributed by atoms with Gasteiger partial charge in [0.15, 0.2) is 5.82 Å². The largest absolute Gasteiger partial charge is 0.489 e. The van der Waals surface area contributed by atoms with Crippen molar-refractivity contribution in [2.75, 3.05) is 62.2 Å². The van der Waals surface area contributed by atoms with Gasteiger partial charge in [-0.1, -0.05) is 91.7 Å². The van der Waals surface area contributed by atoms with Crippen molar-refractivity contribution in [2.24, 2.45) is 18.9 Å². The van der Waals surface area contributed by atoms with E-state index in [9.17, 15) is 14.7 Å². The molecule has 1 aromatic heterocycles. The third kappa shape index (κ3) is 9.83. The molecule has 4 fully saturated rings. The van der Waals surface area contributed by atoms with E-state index in [-0.39, 0.29) is 36.4 Å². The first-order valence-electron chi connectivity index (χ1n) is 26.2. The number of rotatable bonds is 12. The van der Waals surface area contributed by atoms with Crippen molar-refractivity contribution >= 4 is 34.3 Å². The minimum Gasteiger partial charge on any atom is -0.489 e. The molecule has 4 heterocycles. The lowest BCUT2D eigenvalue weighted by molar-refractivity contribution is -0.120. The van der Waals surface area contributed by atoms with Gasteiger partial charge in [0, 0.05) is 94.4 Å². The molecule has 2 N–H and O–H groups in total. The van der Waals surface area contributed by atoms with Crippen LogP contribution in [0.2, 0.25) is 0 Å².